The minimum atomic E-state index is -0.385. The molecule has 2 aromatic carbocycles. The molecule has 2 rings (SSSR count). The summed E-state index contributed by atoms with van der Waals surface area (Å²) in [6.07, 6.45) is 1.19. The topological polar surface area (TPSA) is 3.24 Å². The van der Waals surface area contributed by atoms with Gasteiger partial charge < -0.3 is 0 Å². The third-order valence-electron chi connectivity index (χ3n) is 2.89. The van der Waals surface area contributed by atoms with Gasteiger partial charge in [0.25, 0.3) is 0 Å². The Hall–Kier alpha value is -1.17. The molecule has 0 saturated heterocycles. The zero-order valence-electron chi connectivity index (χ0n) is 11.1. The van der Waals surface area contributed by atoms with Crippen LogP contribution in [0.15, 0.2) is 60.7 Å². The van der Waals surface area contributed by atoms with Gasteiger partial charge in [-0.05, 0) is 24.1 Å². The Morgan fingerprint density at radius 1 is 0.833 bits per heavy atom. The van der Waals surface area contributed by atoms with E-state index < -0.39 is 0 Å². The Labute approximate surface area is 111 Å². The molecular weight excluding hydrogens is 237 g/mol. The fourth-order valence-corrected chi connectivity index (χ4v) is 4.50. The first-order valence-corrected chi connectivity index (χ1v) is 7.73. The van der Waals surface area contributed by atoms with Gasteiger partial charge in [0.1, 0.15) is 0 Å². The average molecular weight is 257 g/mol. The number of hydrogen-bond acceptors (Lipinski definition) is 1. The van der Waals surface area contributed by atoms with Crippen molar-refractivity contribution in [1.82, 2.24) is 4.67 Å². The molecule has 0 amide bonds. The highest BCUT2D eigenvalue weighted by atomic mass is 31.1. The lowest BCUT2D eigenvalue weighted by atomic mass is 10.4. The van der Waals surface area contributed by atoms with Crippen LogP contribution in [0.3, 0.4) is 0 Å². The van der Waals surface area contributed by atoms with Crippen molar-refractivity contribution in [3.05, 3.63) is 60.7 Å². The average Bonchev–Trinajstić information content (AvgIpc) is 2.42. The van der Waals surface area contributed by atoms with Crippen molar-refractivity contribution in [1.29, 1.82) is 0 Å². The van der Waals surface area contributed by atoms with Gasteiger partial charge in [0.2, 0.25) is 0 Å². The Morgan fingerprint density at radius 3 is 1.67 bits per heavy atom. The summed E-state index contributed by atoms with van der Waals surface area (Å²) in [5.41, 5.74) is 0. The smallest absolute Gasteiger partial charge is 0.0278 e. The van der Waals surface area contributed by atoms with Crippen molar-refractivity contribution in [2.45, 2.75) is 13.3 Å². The Kier molecular flexibility index (Phi) is 4.92. The second-order valence-corrected chi connectivity index (χ2v) is 6.70. The molecule has 0 N–H and O–H groups in total. The summed E-state index contributed by atoms with van der Waals surface area (Å²) < 4.78 is 2.49. The number of hydrogen-bond donors (Lipinski definition) is 0. The summed E-state index contributed by atoms with van der Waals surface area (Å²) >= 11 is 0. The molecule has 0 fully saturated rings. The van der Waals surface area contributed by atoms with Crippen LogP contribution in [-0.4, -0.2) is 18.3 Å². The molecule has 94 valence electrons. The molecule has 0 atom stereocenters. The molecule has 18 heavy (non-hydrogen) atoms. The van der Waals surface area contributed by atoms with E-state index in [-0.39, 0.29) is 8.07 Å². The molecule has 0 aliphatic heterocycles. The summed E-state index contributed by atoms with van der Waals surface area (Å²) in [5, 5.41) is 2.85. The predicted octanol–water partition coefficient (Wildman–Crippen LogP) is 3.38. The predicted molar refractivity (Wildman–Crippen MR) is 82.0 cm³/mol. The van der Waals surface area contributed by atoms with E-state index in [2.05, 4.69) is 79.3 Å². The van der Waals surface area contributed by atoms with Crippen LogP contribution in [-0.2, 0) is 0 Å². The monoisotopic (exact) mass is 257 g/mol. The van der Waals surface area contributed by atoms with Gasteiger partial charge in [-0.15, -0.1) is 0 Å². The van der Waals surface area contributed by atoms with E-state index in [1.165, 1.54) is 17.0 Å². The minimum absolute atomic E-state index is 0.385. The SMILES string of the molecule is CCCN(C)P(c1ccccc1)c1ccccc1. The second-order valence-electron chi connectivity index (χ2n) is 4.36. The first-order valence-electron chi connectivity index (χ1n) is 6.44. The quantitative estimate of drug-likeness (QED) is 0.742. The molecule has 0 aliphatic carbocycles. The number of benzene rings is 2. The van der Waals surface area contributed by atoms with E-state index in [1.54, 1.807) is 0 Å². The molecule has 1 nitrogen and oxygen atoms in total. The number of nitrogens with zero attached hydrogens (tertiary/aromatic N) is 1. The van der Waals surface area contributed by atoms with Gasteiger partial charge in [-0.2, -0.15) is 0 Å². The van der Waals surface area contributed by atoms with Crippen LogP contribution in [0.4, 0.5) is 0 Å². The van der Waals surface area contributed by atoms with Gasteiger partial charge in [-0.1, -0.05) is 67.6 Å². The molecule has 0 bridgehead atoms. The Bertz CT molecular complexity index is 416. The molecular formula is C16H20NP. The lowest BCUT2D eigenvalue weighted by Gasteiger charge is -2.28. The summed E-state index contributed by atoms with van der Waals surface area (Å²) in [4.78, 5) is 0. The van der Waals surface area contributed by atoms with Crippen molar-refractivity contribution in [2.24, 2.45) is 0 Å². The maximum Gasteiger partial charge on any atom is 0.0278 e. The van der Waals surface area contributed by atoms with E-state index >= 15 is 0 Å². The zero-order chi connectivity index (χ0) is 12.8. The number of rotatable bonds is 5. The molecule has 0 radical (unpaired) electrons. The first kappa shape index (κ1) is 13.3. The van der Waals surface area contributed by atoms with Gasteiger partial charge >= 0.3 is 0 Å². The molecule has 0 saturated carbocycles. The van der Waals surface area contributed by atoms with E-state index in [9.17, 15) is 0 Å². The lowest BCUT2D eigenvalue weighted by Crippen LogP contribution is -2.26. The molecule has 0 aliphatic rings. The normalized spacial score (nSPS) is 11.1. The van der Waals surface area contributed by atoms with Crippen molar-refractivity contribution in [2.75, 3.05) is 13.6 Å². The van der Waals surface area contributed by atoms with Crippen LogP contribution in [0.25, 0.3) is 0 Å². The van der Waals surface area contributed by atoms with Crippen LogP contribution in [0.2, 0.25) is 0 Å². The molecule has 2 aromatic rings. The van der Waals surface area contributed by atoms with Gasteiger partial charge in [0.15, 0.2) is 0 Å². The molecule has 0 heterocycles. The minimum Gasteiger partial charge on any atom is -0.278 e. The maximum absolute atomic E-state index is 2.49. The highest BCUT2D eigenvalue weighted by Gasteiger charge is 2.17. The fraction of sp³-hybridized carbons (Fsp3) is 0.250. The van der Waals surface area contributed by atoms with Gasteiger partial charge in [-0.3, -0.25) is 4.67 Å². The van der Waals surface area contributed by atoms with Crippen LogP contribution in [0, 0.1) is 0 Å². The Balaban J connectivity index is 2.35. The van der Waals surface area contributed by atoms with E-state index in [0.717, 1.165) is 6.54 Å². The molecule has 0 spiro atoms. The first-order chi connectivity index (χ1) is 8.83. The van der Waals surface area contributed by atoms with Crippen molar-refractivity contribution in [3.8, 4) is 0 Å². The van der Waals surface area contributed by atoms with E-state index in [0.29, 0.717) is 0 Å². The molecule has 0 aromatic heterocycles. The van der Waals surface area contributed by atoms with Crippen molar-refractivity contribution in [3.63, 3.8) is 0 Å². The van der Waals surface area contributed by atoms with Crippen LogP contribution >= 0.6 is 8.07 Å². The van der Waals surface area contributed by atoms with E-state index in [1.807, 2.05) is 0 Å². The summed E-state index contributed by atoms with van der Waals surface area (Å²) in [7, 11) is 1.85. The maximum atomic E-state index is 2.49. The zero-order valence-corrected chi connectivity index (χ0v) is 12.0. The lowest BCUT2D eigenvalue weighted by molar-refractivity contribution is 0.549. The van der Waals surface area contributed by atoms with E-state index in [4.69, 9.17) is 0 Å². The highest BCUT2D eigenvalue weighted by Crippen LogP contribution is 2.36. The van der Waals surface area contributed by atoms with Gasteiger partial charge in [-0.25, -0.2) is 0 Å². The third-order valence-corrected chi connectivity index (χ3v) is 5.35. The molecule has 2 heteroatoms. The summed E-state index contributed by atoms with van der Waals surface area (Å²) in [6, 6.07) is 21.7. The van der Waals surface area contributed by atoms with Crippen molar-refractivity contribution < 1.29 is 0 Å². The van der Waals surface area contributed by atoms with Crippen LogP contribution in [0.5, 0.6) is 0 Å². The van der Waals surface area contributed by atoms with Gasteiger partial charge in [0.05, 0.1) is 0 Å². The molecule has 0 unspecified atom stereocenters. The van der Waals surface area contributed by atoms with Gasteiger partial charge in [0, 0.05) is 14.6 Å². The fourth-order valence-electron chi connectivity index (χ4n) is 2.11. The largest absolute Gasteiger partial charge is 0.278 e. The summed E-state index contributed by atoms with van der Waals surface area (Å²) in [5.74, 6) is 0. The van der Waals surface area contributed by atoms with Crippen molar-refractivity contribution >= 4 is 18.7 Å². The third kappa shape index (κ3) is 3.19. The highest BCUT2D eigenvalue weighted by molar-refractivity contribution is 7.70. The standard InChI is InChI=1S/C16H20NP/c1-3-14-17(2)18(15-10-6-4-7-11-15)16-12-8-5-9-13-16/h4-13H,3,14H2,1-2H3. The van der Waals surface area contributed by atoms with Crippen LogP contribution < -0.4 is 10.6 Å². The van der Waals surface area contributed by atoms with Crippen LogP contribution in [0.1, 0.15) is 13.3 Å². The summed E-state index contributed by atoms with van der Waals surface area (Å²) in [6.45, 7) is 3.37. The second kappa shape index (κ2) is 6.68. The Morgan fingerprint density at radius 2 is 1.28 bits per heavy atom.